The van der Waals surface area contributed by atoms with Gasteiger partial charge in [-0.3, -0.25) is 9.59 Å². The fourth-order valence-corrected chi connectivity index (χ4v) is 1.92. The van der Waals surface area contributed by atoms with Crippen LogP contribution in [-0.4, -0.2) is 37.6 Å². The van der Waals surface area contributed by atoms with Crippen LogP contribution in [0.3, 0.4) is 0 Å². The molecule has 5 nitrogen and oxygen atoms in total. The lowest BCUT2D eigenvalue weighted by atomic mass is 10.2. The summed E-state index contributed by atoms with van der Waals surface area (Å²) in [5, 5.41) is 5.33. The van der Waals surface area contributed by atoms with Crippen LogP contribution >= 0.6 is 0 Å². The Labute approximate surface area is 102 Å². The van der Waals surface area contributed by atoms with Crippen LogP contribution in [0.25, 0.3) is 0 Å². The molecule has 1 fully saturated rings. The van der Waals surface area contributed by atoms with Gasteiger partial charge in [-0.05, 0) is 26.2 Å². The summed E-state index contributed by atoms with van der Waals surface area (Å²) in [6, 6.07) is 0.191. The second-order valence-corrected chi connectivity index (χ2v) is 4.26. The average Bonchev–Trinajstić information content (AvgIpc) is 2.81. The molecule has 0 bridgehead atoms. The number of hydrogen-bond donors (Lipinski definition) is 2. The number of carbonyl (C=O) groups excluding carboxylic acids is 2. The van der Waals surface area contributed by atoms with E-state index in [0.29, 0.717) is 19.8 Å². The first-order valence-corrected chi connectivity index (χ1v) is 6.40. The molecular weight excluding hydrogens is 220 g/mol. The molecule has 1 aliphatic carbocycles. The Balaban J connectivity index is 2.07. The van der Waals surface area contributed by atoms with Gasteiger partial charge in [-0.2, -0.15) is 0 Å². The van der Waals surface area contributed by atoms with Gasteiger partial charge in [0.05, 0.1) is 0 Å². The largest absolute Gasteiger partial charge is 0.382 e. The lowest BCUT2D eigenvalue weighted by Gasteiger charge is -2.11. The third-order valence-corrected chi connectivity index (χ3v) is 2.85. The molecule has 0 aromatic rings. The molecule has 1 aliphatic rings. The van der Waals surface area contributed by atoms with E-state index in [2.05, 4.69) is 10.6 Å². The second kappa shape index (κ2) is 8.06. The summed E-state index contributed by atoms with van der Waals surface area (Å²) < 4.78 is 5.13. The highest BCUT2D eigenvalue weighted by molar-refractivity contribution is 6.35. The Morgan fingerprint density at radius 1 is 1.24 bits per heavy atom. The summed E-state index contributed by atoms with van der Waals surface area (Å²) in [6.07, 6.45) is 4.99. The van der Waals surface area contributed by atoms with Gasteiger partial charge in [-0.15, -0.1) is 0 Å². The highest BCUT2D eigenvalue weighted by atomic mass is 16.5. The highest BCUT2D eigenvalue weighted by Crippen LogP contribution is 2.17. The van der Waals surface area contributed by atoms with Crippen molar-refractivity contribution in [1.29, 1.82) is 0 Å². The monoisotopic (exact) mass is 242 g/mol. The van der Waals surface area contributed by atoms with E-state index in [4.69, 9.17) is 4.74 Å². The summed E-state index contributed by atoms with van der Waals surface area (Å²) >= 11 is 0. The van der Waals surface area contributed by atoms with Crippen molar-refractivity contribution >= 4 is 11.8 Å². The van der Waals surface area contributed by atoms with Crippen molar-refractivity contribution in [2.75, 3.05) is 19.8 Å². The van der Waals surface area contributed by atoms with Gasteiger partial charge >= 0.3 is 11.8 Å². The van der Waals surface area contributed by atoms with Crippen molar-refractivity contribution in [1.82, 2.24) is 10.6 Å². The maximum atomic E-state index is 11.5. The summed E-state index contributed by atoms with van der Waals surface area (Å²) in [6.45, 7) is 3.70. The molecule has 0 aliphatic heterocycles. The topological polar surface area (TPSA) is 67.4 Å². The second-order valence-electron chi connectivity index (χ2n) is 4.26. The van der Waals surface area contributed by atoms with Gasteiger partial charge in [0.1, 0.15) is 0 Å². The van der Waals surface area contributed by atoms with Gasteiger partial charge in [0, 0.05) is 25.8 Å². The van der Waals surface area contributed by atoms with Gasteiger partial charge in [0.2, 0.25) is 0 Å². The zero-order valence-corrected chi connectivity index (χ0v) is 10.5. The van der Waals surface area contributed by atoms with Crippen molar-refractivity contribution in [2.24, 2.45) is 0 Å². The number of amides is 2. The fraction of sp³-hybridized carbons (Fsp3) is 0.833. The third kappa shape index (κ3) is 5.68. The van der Waals surface area contributed by atoms with Gasteiger partial charge in [0.25, 0.3) is 0 Å². The molecule has 0 aromatic heterocycles. The first-order chi connectivity index (χ1) is 8.24. The minimum Gasteiger partial charge on any atom is -0.382 e. The van der Waals surface area contributed by atoms with E-state index < -0.39 is 11.8 Å². The van der Waals surface area contributed by atoms with Gasteiger partial charge in [0.15, 0.2) is 0 Å². The maximum absolute atomic E-state index is 11.5. The molecule has 0 heterocycles. The molecule has 98 valence electrons. The molecule has 1 rings (SSSR count). The van der Waals surface area contributed by atoms with E-state index in [1.165, 1.54) is 0 Å². The quantitative estimate of drug-likeness (QED) is 0.529. The molecule has 2 amide bonds. The summed E-state index contributed by atoms with van der Waals surface area (Å²) in [7, 11) is 0. The Bertz CT molecular complexity index is 250. The van der Waals surface area contributed by atoms with Crippen LogP contribution in [0.1, 0.15) is 39.0 Å². The molecule has 17 heavy (non-hydrogen) atoms. The average molecular weight is 242 g/mol. The molecule has 0 radical (unpaired) electrons. The molecule has 5 heteroatoms. The molecular formula is C12H22N2O3. The Kier molecular flexibility index (Phi) is 6.62. The van der Waals surface area contributed by atoms with Crippen LogP contribution in [-0.2, 0) is 14.3 Å². The Hall–Kier alpha value is -1.10. The number of carbonyl (C=O) groups is 2. The van der Waals surface area contributed by atoms with E-state index >= 15 is 0 Å². The smallest absolute Gasteiger partial charge is 0.309 e. The SMILES string of the molecule is CCOCCCNC(=O)C(=O)NC1CCCC1. The predicted octanol–water partition coefficient (Wildman–Crippen LogP) is 0.588. The van der Waals surface area contributed by atoms with Gasteiger partial charge in [-0.25, -0.2) is 0 Å². The Morgan fingerprint density at radius 2 is 1.94 bits per heavy atom. The molecule has 0 aromatic carbocycles. The van der Waals surface area contributed by atoms with Crippen LogP contribution in [0.2, 0.25) is 0 Å². The van der Waals surface area contributed by atoms with Crippen LogP contribution < -0.4 is 10.6 Å². The normalized spacial score (nSPS) is 15.8. The first-order valence-electron chi connectivity index (χ1n) is 6.40. The summed E-state index contributed by atoms with van der Waals surface area (Å²) in [5.41, 5.74) is 0. The zero-order chi connectivity index (χ0) is 12.5. The maximum Gasteiger partial charge on any atom is 0.309 e. The molecule has 0 saturated heterocycles. The fourth-order valence-electron chi connectivity index (χ4n) is 1.92. The van der Waals surface area contributed by atoms with E-state index in [0.717, 1.165) is 32.1 Å². The van der Waals surface area contributed by atoms with Crippen molar-refractivity contribution in [3.05, 3.63) is 0 Å². The minimum atomic E-state index is -0.534. The van der Waals surface area contributed by atoms with Crippen molar-refractivity contribution in [3.8, 4) is 0 Å². The van der Waals surface area contributed by atoms with Crippen LogP contribution in [0.5, 0.6) is 0 Å². The minimum absolute atomic E-state index is 0.191. The highest BCUT2D eigenvalue weighted by Gasteiger charge is 2.20. The van der Waals surface area contributed by atoms with Gasteiger partial charge < -0.3 is 15.4 Å². The molecule has 0 atom stereocenters. The van der Waals surface area contributed by atoms with E-state index in [1.54, 1.807) is 0 Å². The lowest BCUT2D eigenvalue weighted by Crippen LogP contribution is -2.44. The standard InChI is InChI=1S/C12H22N2O3/c1-2-17-9-5-8-13-11(15)12(16)14-10-6-3-4-7-10/h10H,2-9H2,1H3,(H,13,15)(H,14,16). The van der Waals surface area contributed by atoms with Crippen molar-refractivity contribution in [3.63, 3.8) is 0 Å². The molecule has 0 spiro atoms. The number of rotatable bonds is 6. The zero-order valence-electron chi connectivity index (χ0n) is 10.5. The molecule has 0 unspecified atom stereocenters. The van der Waals surface area contributed by atoms with Crippen molar-refractivity contribution in [2.45, 2.75) is 45.1 Å². The van der Waals surface area contributed by atoms with E-state index in [-0.39, 0.29) is 6.04 Å². The molecule has 1 saturated carbocycles. The van der Waals surface area contributed by atoms with Crippen molar-refractivity contribution < 1.29 is 14.3 Å². The number of nitrogens with one attached hydrogen (secondary N) is 2. The third-order valence-electron chi connectivity index (χ3n) is 2.85. The van der Waals surface area contributed by atoms with Crippen LogP contribution in [0.4, 0.5) is 0 Å². The Morgan fingerprint density at radius 3 is 2.59 bits per heavy atom. The molecule has 2 N–H and O–H groups in total. The van der Waals surface area contributed by atoms with Crippen LogP contribution in [0, 0.1) is 0 Å². The summed E-state index contributed by atoms with van der Waals surface area (Å²) in [4.78, 5) is 22.9. The first kappa shape index (κ1) is 14.0. The number of ether oxygens (including phenoxy) is 1. The van der Waals surface area contributed by atoms with Gasteiger partial charge in [-0.1, -0.05) is 12.8 Å². The lowest BCUT2D eigenvalue weighted by molar-refractivity contribution is -0.139. The van der Waals surface area contributed by atoms with Crippen LogP contribution in [0.15, 0.2) is 0 Å². The predicted molar refractivity (Wildman–Crippen MR) is 64.5 cm³/mol. The summed E-state index contributed by atoms with van der Waals surface area (Å²) in [5.74, 6) is -1.04. The number of hydrogen-bond acceptors (Lipinski definition) is 3. The van der Waals surface area contributed by atoms with E-state index in [1.807, 2.05) is 6.92 Å². The van der Waals surface area contributed by atoms with E-state index in [9.17, 15) is 9.59 Å².